The minimum Gasteiger partial charge on any atom is -0.454 e. The zero-order valence-corrected chi connectivity index (χ0v) is 15.3. The topological polar surface area (TPSA) is 69.4 Å². The Labute approximate surface area is 159 Å². The molecule has 0 unspecified atom stereocenters. The Bertz CT molecular complexity index is 970. The number of aryl methyl sites for hydroxylation is 1. The number of ketones is 1. The van der Waals surface area contributed by atoms with Crippen LogP contribution in [0.5, 0.6) is 0 Å². The van der Waals surface area contributed by atoms with Crippen LogP contribution >= 0.6 is 11.8 Å². The molecule has 0 saturated carbocycles. The first kappa shape index (κ1) is 18.8. The first-order chi connectivity index (χ1) is 13.0. The van der Waals surface area contributed by atoms with Crippen LogP contribution in [0.4, 0.5) is 4.39 Å². The monoisotopic (exact) mass is 385 g/mol. The van der Waals surface area contributed by atoms with Crippen LogP contribution in [-0.4, -0.2) is 23.5 Å². The van der Waals surface area contributed by atoms with Crippen molar-refractivity contribution in [1.82, 2.24) is 5.16 Å². The molecule has 27 heavy (non-hydrogen) atoms. The zero-order chi connectivity index (χ0) is 19.2. The fourth-order valence-corrected chi connectivity index (χ4v) is 3.29. The normalized spacial score (nSPS) is 10.6. The third-order valence-electron chi connectivity index (χ3n) is 3.67. The van der Waals surface area contributed by atoms with Crippen LogP contribution in [0.2, 0.25) is 0 Å². The van der Waals surface area contributed by atoms with Crippen molar-refractivity contribution in [3.05, 3.63) is 83.0 Å². The molecule has 5 nitrogen and oxygen atoms in total. The predicted octanol–water partition coefficient (Wildman–Crippen LogP) is 4.45. The molecule has 0 atom stereocenters. The van der Waals surface area contributed by atoms with Gasteiger partial charge in [0.1, 0.15) is 11.6 Å². The summed E-state index contributed by atoms with van der Waals surface area (Å²) in [6.45, 7) is 1.28. The summed E-state index contributed by atoms with van der Waals surface area (Å²) in [5, 5.41) is 3.91. The number of Topliss-reactive ketones (excluding diaryl/α,β-unsaturated/α-hetero) is 1. The van der Waals surface area contributed by atoms with E-state index in [-0.39, 0.29) is 5.56 Å². The molecule has 2 aromatic carbocycles. The summed E-state index contributed by atoms with van der Waals surface area (Å²) in [6.07, 6.45) is 0. The van der Waals surface area contributed by atoms with E-state index >= 15 is 0 Å². The maximum Gasteiger partial charge on any atom is 0.339 e. The van der Waals surface area contributed by atoms with E-state index in [1.54, 1.807) is 37.3 Å². The largest absolute Gasteiger partial charge is 0.454 e. The van der Waals surface area contributed by atoms with Crippen molar-refractivity contribution < 1.29 is 23.2 Å². The van der Waals surface area contributed by atoms with Gasteiger partial charge in [-0.2, -0.15) is 0 Å². The molecule has 0 aliphatic carbocycles. The second-order valence-electron chi connectivity index (χ2n) is 5.69. The highest BCUT2D eigenvalue weighted by Crippen LogP contribution is 2.26. The van der Waals surface area contributed by atoms with Gasteiger partial charge in [0, 0.05) is 16.7 Å². The smallest absolute Gasteiger partial charge is 0.339 e. The molecule has 1 aromatic heterocycles. The van der Waals surface area contributed by atoms with Crippen molar-refractivity contribution in [3.8, 4) is 0 Å². The molecule has 0 fully saturated rings. The number of hydrogen-bond donors (Lipinski definition) is 0. The highest BCUT2D eigenvalue weighted by molar-refractivity contribution is 7.98. The Hall–Kier alpha value is -2.93. The standard InChI is InChI=1S/C20H16FNO4S/c1-13-10-14(22-26-13)12-27-19-9-5-3-7-16(19)20(24)25-11-18(23)15-6-2-4-8-17(15)21/h2-10H,11-12H2,1H3. The maximum absolute atomic E-state index is 13.6. The van der Waals surface area contributed by atoms with Crippen LogP contribution in [0.15, 0.2) is 64.0 Å². The van der Waals surface area contributed by atoms with E-state index in [1.165, 1.54) is 30.0 Å². The Morgan fingerprint density at radius 1 is 1.11 bits per heavy atom. The second kappa shape index (κ2) is 8.64. The molecule has 0 saturated heterocycles. The van der Waals surface area contributed by atoms with Crippen molar-refractivity contribution in [1.29, 1.82) is 0 Å². The van der Waals surface area contributed by atoms with Gasteiger partial charge < -0.3 is 9.26 Å². The summed E-state index contributed by atoms with van der Waals surface area (Å²) >= 11 is 1.41. The number of halogens is 1. The van der Waals surface area contributed by atoms with Gasteiger partial charge in [0.25, 0.3) is 0 Å². The number of benzene rings is 2. The summed E-state index contributed by atoms with van der Waals surface area (Å²) in [7, 11) is 0. The molecular weight excluding hydrogens is 369 g/mol. The van der Waals surface area contributed by atoms with E-state index in [1.807, 2.05) is 6.07 Å². The number of rotatable bonds is 7. The van der Waals surface area contributed by atoms with E-state index in [9.17, 15) is 14.0 Å². The van der Waals surface area contributed by atoms with E-state index in [0.717, 1.165) is 5.69 Å². The molecule has 0 aliphatic rings. The Morgan fingerprint density at radius 3 is 2.52 bits per heavy atom. The molecule has 138 valence electrons. The summed E-state index contributed by atoms with van der Waals surface area (Å²) in [5.41, 5.74) is 0.994. The van der Waals surface area contributed by atoms with E-state index in [4.69, 9.17) is 9.26 Å². The van der Waals surface area contributed by atoms with Crippen molar-refractivity contribution in [2.45, 2.75) is 17.6 Å². The first-order valence-corrected chi connectivity index (χ1v) is 9.12. The van der Waals surface area contributed by atoms with E-state index in [2.05, 4.69) is 5.16 Å². The number of hydrogen-bond acceptors (Lipinski definition) is 6. The second-order valence-corrected chi connectivity index (χ2v) is 6.71. The van der Waals surface area contributed by atoms with Gasteiger partial charge in [0.05, 0.1) is 16.8 Å². The number of ether oxygens (including phenoxy) is 1. The third kappa shape index (κ3) is 4.83. The molecule has 0 amide bonds. The molecule has 3 aromatic rings. The first-order valence-electron chi connectivity index (χ1n) is 8.13. The summed E-state index contributed by atoms with van der Waals surface area (Å²) < 4.78 is 23.8. The van der Waals surface area contributed by atoms with E-state index in [0.29, 0.717) is 22.0 Å². The molecule has 0 radical (unpaired) electrons. The summed E-state index contributed by atoms with van der Waals surface area (Å²) in [4.78, 5) is 25.1. The number of aromatic nitrogens is 1. The van der Waals surface area contributed by atoms with Crippen LogP contribution in [0.1, 0.15) is 32.2 Å². The van der Waals surface area contributed by atoms with Crippen molar-refractivity contribution in [3.63, 3.8) is 0 Å². The minimum atomic E-state index is -0.641. The number of nitrogens with zero attached hydrogens (tertiary/aromatic N) is 1. The molecule has 0 bridgehead atoms. The SMILES string of the molecule is Cc1cc(CSc2ccccc2C(=O)OCC(=O)c2ccccc2F)no1. The number of thioether (sulfide) groups is 1. The number of carbonyl (C=O) groups is 2. The van der Waals surface area contributed by atoms with Crippen molar-refractivity contribution in [2.75, 3.05) is 6.61 Å². The predicted molar refractivity (Wildman–Crippen MR) is 98.3 cm³/mol. The maximum atomic E-state index is 13.6. The quantitative estimate of drug-likeness (QED) is 0.340. The van der Waals surface area contributed by atoms with Crippen LogP contribution < -0.4 is 0 Å². The Morgan fingerprint density at radius 2 is 1.81 bits per heavy atom. The van der Waals surface area contributed by atoms with Gasteiger partial charge >= 0.3 is 5.97 Å². The van der Waals surface area contributed by atoms with Crippen LogP contribution in [0, 0.1) is 12.7 Å². The fourth-order valence-electron chi connectivity index (χ4n) is 2.37. The van der Waals surface area contributed by atoms with E-state index < -0.39 is 24.2 Å². The zero-order valence-electron chi connectivity index (χ0n) is 14.5. The van der Waals surface area contributed by atoms with Gasteiger partial charge in [-0.05, 0) is 31.2 Å². The highest BCUT2D eigenvalue weighted by atomic mass is 32.2. The number of carbonyl (C=O) groups excluding carboxylic acids is 2. The van der Waals surface area contributed by atoms with Crippen LogP contribution in [0.3, 0.4) is 0 Å². The van der Waals surface area contributed by atoms with Crippen LogP contribution in [-0.2, 0) is 10.5 Å². The van der Waals surface area contributed by atoms with Crippen molar-refractivity contribution in [2.24, 2.45) is 0 Å². The lowest BCUT2D eigenvalue weighted by Gasteiger charge is -2.09. The summed E-state index contributed by atoms with van der Waals surface area (Å²) in [5.74, 6) is -0.637. The van der Waals surface area contributed by atoms with Crippen LogP contribution in [0.25, 0.3) is 0 Å². The Balaban J connectivity index is 1.64. The van der Waals surface area contributed by atoms with Gasteiger partial charge in [0.15, 0.2) is 6.61 Å². The van der Waals surface area contributed by atoms with Gasteiger partial charge in [-0.1, -0.05) is 29.4 Å². The van der Waals surface area contributed by atoms with Gasteiger partial charge in [-0.3, -0.25) is 4.79 Å². The lowest BCUT2D eigenvalue weighted by molar-refractivity contribution is 0.0470. The minimum absolute atomic E-state index is 0.102. The van der Waals surface area contributed by atoms with Gasteiger partial charge in [-0.25, -0.2) is 9.18 Å². The summed E-state index contributed by atoms with van der Waals surface area (Å²) in [6, 6.07) is 14.3. The van der Waals surface area contributed by atoms with Crippen molar-refractivity contribution >= 4 is 23.5 Å². The molecule has 1 heterocycles. The highest BCUT2D eigenvalue weighted by Gasteiger charge is 2.17. The van der Waals surface area contributed by atoms with Gasteiger partial charge in [-0.15, -0.1) is 11.8 Å². The number of esters is 1. The average molecular weight is 385 g/mol. The molecule has 0 aliphatic heterocycles. The van der Waals surface area contributed by atoms with Gasteiger partial charge in [0.2, 0.25) is 5.78 Å². The lowest BCUT2D eigenvalue weighted by atomic mass is 10.1. The Kier molecular flexibility index (Phi) is 6.03. The molecule has 3 rings (SSSR count). The fraction of sp³-hybridized carbons (Fsp3) is 0.150. The lowest BCUT2D eigenvalue weighted by Crippen LogP contribution is -2.15. The molecular formula is C20H16FNO4S. The third-order valence-corrected chi connectivity index (χ3v) is 4.78. The molecule has 0 spiro atoms. The average Bonchev–Trinajstić information content (AvgIpc) is 3.10. The molecule has 7 heteroatoms. The molecule has 0 N–H and O–H groups in total.